The molecule has 0 aliphatic carbocycles. The summed E-state index contributed by atoms with van der Waals surface area (Å²) in [6, 6.07) is 12.5. The summed E-state index contributed by atoms with van der Waals surface area (Å²) in [6.45, 7) is 8.69. The molecular formula is C21H28N2O4. The summed E-state index contributed by atoms with van der Waals surface area (Å²) in [5.41, 5.74) is 1.62. The molecule has 6 heteroatoms. The average molecular weight is 372 g/mol. The molecule has 0 bridgehead atoms. The van der Waals surface area contributed by atoms with Crippen molar-refractivity contribution < 1.29 is 19.4 Å². The zero-order valence-electron chi connectivity index (χ0n) is 16.3. The predicted molar refractivity (Wildman–Crippen MR) is 106 cm³/mol. The molecular weight excluding hydrogens is 344 g/mol. The normalized spacial score (nSPS) is 11.0. The highest BCUT2D eigenvalue weighted by atomic mass is 16.5. The molecule has 3 N–H and O–H groups in total. The Bertz CT molecular complexity index is 752. The van der Waals surface area contributed by atoms with Crippen molar-refractivity contribution in [2.24, 2.45) is 0 Å². The standard InChI is InChI=1S/C21H28N2O4/c1-5-26-19-12-15(13-22-16-7-9-17(24)10-8-16)6-11-18(19)27-14-20(25)23-21(2,3)4/h6-12,22,24H,5,13-14H2,1-4H3,(H,23,25). The minimum absolute atomic E-state index is 0.0670. The van der Waals surface area contributed by atoms with Crippen LogP contribution in [0.4, 0.5) is 5.69 Å². The van der Waals surface area contributed by atoms with Crippen molar-refractivity contribution in [2.75, 3.05) is 18.5 Å². The molecule has 1 amide bonds. The molecule has 0 aliphatic heterocycles. The predicted octanol–water partition coefficient (Wildman–Crippen LogP) is 3.70. The van der Waals surface area contributed by atoms with E-state index in [1.165, 1.54) is 0 Å². The highest BCUT2D eigenvalue weighted by Gasteiger charge is 2.15. The van der Waals surface area contributed by atoms with Gasteiger partial charge in [-0.1, -0.05) is 6.07 Å². The maximum atomic E-state index is 11.9. The lowest BCUT2D eigenvalue weighted by Gasteiger charge is -2.21. The van der Waals surface area contributed by atoms with Crippen molar-refractivity contribution in [3.63, 3.8) is 0 Å². The van der Waals surface area contributed by atoms with Gasteiger partial charge in [-0.15, -0.1) is 0 Å². The molecule has 146 valence electrons. The largest absolute Gasteiger partial charge is 0.508 e. The number of hydrogen-bond donors (Lipinski definition) is 3. The van der Waals surface area contributed by atoms with Crippen molar-refractivity contribution in [3.05, 3.63) is 48.0 Å². The maximum Gasteiger partial charge on any atom is 0.258 e. The van der Waals surface area contributed by atoms with E-state index in [1.807, 2.05) is 58.0 Å². The lowest BCUT2D eigenvalue weighted by Crippen LogP contribution is -2.43. The summed E-state index contributed by atoms with van der Waals surface area (Å²) in [4.78, 5) is 11.9. The van der Waals surface area contributed by atoms with E-state index in [4.69, 9.17) is 9.47 Å². The van der Waals surface area contributed by atoms with Gasteiger partial charge in [0.25, 0.3) is 5.91 Å². The van der Waals surface area contributed by atoms with Crippen LogP contribution in [-0.4, -0.2) is 29.8 Å². The monoisotopic (exact) mass is 372 g/mol. The van der Waals surface area contributed by atoms with Crippen molar-refractivity contribution in [1.29, 1.82) is 0 Å². The van der Waals surface area contributed by atoms with Crippen LogP contribution in [0, 0.1) is 0 Å². The summed E-state index contributed by atoms with van der Waals surface area (Å²) >= 11 is 0. The van der Waals surface area contributed by atoms with Crippen molar-refractivity contribution in [1.82, 2.24) is 5.32 Å². The number of nitrogens with one attached hydrogen (secondary N) is 2. The molecule has 0 saturated carbocycles. The van der Waals surface area contributed by atoms with E-state index in [0.717, 1.165) is 11.3 Å². The minimum Gasteiger partial charge on any atom is -0.508 e. The maximum absolute atomic E-state index is 11.9. The Hall–Kier alpha value is -2.89. The van der Waals surface area contributed by atoms with Gasteiger partial charge in [0, 0.05) is 17.8 Å². The Labute approximate surface area is 160 Å². The smallest absolute Gasteiger partial charge is 0.258 e. The molecule has 2 aromatic carbocycles. The number of carbonyl (C=O) groups is 1. The number of hydrogen-bond acceptors (Lipinski definition) is 5. The molecule has 0 saturated heterocycles. The summed E-state index contributed by atoms with van der Waals surface area (Å²) in [7, 11) is 0. The highest BCUT2D eigenvalue weighted by Crippen LogP contribution is 2.29. The van der Waals surface area contributed by atoms with Gasteiger partial charge in [0.1, 0.15) is 5.75 Å². The van der Waals surface area contributed by atoms with Crippen LogP contribution in [0.15, 0.2) is 42.5 Å². The molecule has 27 heavy (non-hydrogen) atoms. The molecule has 0 aromatic heterocycles. The van der Waals surface area contributed by atoms with E-state index in [1.54, 1.807) is 12.1 Å². The van der Waals surface area contributed by atoms with Gasteiger partial charge in [-0.2, -0.15) is 0 Å². The van der Waals surface area contributed by atoms with Crippen LogP contribution in [0.1, 0.15) is 33.3 Å². The SMILES string of the molecule is CCOc1cc(CNc2ccc(O)cc2)ccc1OCC(=O)NC(C)(C)C. The van der Waals surface area contributed by atoms with Gasteiger partial charge in [0.15, 0.2) is 18.1 Å². The fraction of sp³-hybridized carbons (Fsp3) is 0.381. The van der Waals surface area contributed by atoms with E-state index in [0.29, 0.717) is 24.7 Å². The molecule has 6 nitrogen and oxygen atoms in total. The number of anilines is 1. The molecule has 0 radical (unpaired) electrons. The minimum atomic E-state index is -0.299. The fourth-order valence-corrected chi connectivity index (χ4v) is 2.43. The molecule has 2 rings (SSSR count). The average Bonchev–Trinajstić information content (AvgIpc) is 2.59. The third-order valence-corrected chi connectivity index (χ3v) is 3.55. The first kappa shape index (κ1) is 20.4. The van der Waals surface area contributed by atoms with Gasteiger partial charge in [-0.05, 0) is 69.7 Å². The van der Waals surface area contributed by atoms with Gasteiger partial charge in [-0.25, -0.2) is 0 Å². The second kappa shape index (κ2) is 9.16. The van der Waals surface area contributed by atoms with Gasteiger partial charge < -0.3 is 25.2 Å². The van der Waals surface area contributed by atoms with E-state index in [2.05, 4.69) is 10.6 Å². The molecule has 0 heterocycles. The number of amides is 1. The van der Waals surface area contributed by atoms with Gasteiger partial charge >= 0.3 is 0 Å². The van der Waals surface area contributed by atoms with E-state index in [-0.39, 0.29) is 23.8 Å². The lowest BCUT2D eigenvalue weighted by molar-refractivity contribution is -0.124. The Morgan fingerprint density at radius 2 is 1.74 bits per heavy atom. The number of aromatic hydroxyl groups is 1. The lowest BCUT2D eigenvalue weighted by atomic mass is 10.1. The molecule has 0 aliphatic rings. The molecule has 0 fully saturated rings. The summed E-state index contributed by atoms with van der Waals surface area (Å²) in [6.07, 6.45) is 0. The van der Waals surface area contributed by atoms with E-state index >= 15 is 0 Å². The van der Waals surface area contributed by atoms with Crippen molar-refractivity contribution in [2.45, 2.75) is 39.8 Å². The van der Waals surface area contributed by atoms with Crippen LogP contribution in [0.2, 0.25) is 0 Å². The van der Waals surface area contributed by atoms with Crippen LogP contribution in [-0.2, 0) is 11.3 Å². The van der Waals surface area contributed by atoms with Gasteiger partial charge in [0.05, 0.1) is 6.61 Å². The molecule has 0 atom stereocenters. The zero-order valence-corrected chi connectivity index (χ0v) is 16.3. The van der Waals surface area contributed by atoms with Crippen molar-refractivity contribution >= 4 is 11.6 Å². The second-order valence-corrected chi connectivity index (χ2v) is 7.20. The first-order valence-corrected chi connectivity index (χ1v) is 8.99. The molecule has 0 unspecified atom stereocenters. The number of rotatable bonds is 8. The first-order chi connectivity index (χ1) is 12.8. The number of ether oxygens (including phenoxy) is 2. The summed E-state index contributed by atoms with van der Waals surface area (Å²) < 4.78 is 11.3. The Morgan fingerprint density at radius 1 is 1.04 bits per heavy atom. The summed E-state index contributed by atoms with van der Waals surface area (Å²) in [5.74, 6) is 1.19. The topological polar surface area (TPSA) is 79.8 Å². The van der Waals surface area contributed by atoms with Gasteiger partial charge in [-0.3, -0.25) is 4.79 Å². The Balaban J connectivity index is 2.00. The summed E-state index contributed by atoms with van der Waals surface area (Å²) in [5, 5.41) is 15.5. The Morgan fingerprint density at radius 3 is 2.37 bits per heavy atom. The van der Waals surface area contributed by atoms with Crippen LogP contribution in [0.3, 0.4) is 0 Å². The number of carbonyl (C=O) groups excluding carboxylic acids is 1. The van der Waals surface area contributed by atoms with Crippen LogP contribution < -0.4 is 20.1 Å². The third kappa shape index (κ3) is 7.09. The van der Waals surface area contributed by atoms with Gasteiger partial charge in [0.2, 0.25) is 0 Å². The van der Waals surface area contributed by atoms with Crippen molar-refractivity contribution in [3.8, 4) is 17.2 Å². The van der Waals surface area contributed by atoms with Crippen LogP contribution in [0.25, 0.3) is 0 Å². The molecule has 0 spiro atoms. The number of phenolic OH excluding ortho intramolecular Hbond substituents is 1. The Kier molecular flexibility index (Phi) is 6.93. The number of benzene rings is 2. The third-order valence-electron chi connectivity index (χ3n) is 3.55. The number of phenols is 1. The quantitative estimate of drug-likeness (QED) is 0.616. The second-order valence-electron chi connectivity index (χ2n) is 7.20. The molecule has 2 aromatic rings. The van der Waals surface area contributed by atoms with Crippen LogP contribution in [0.5, 0.6) is 17.2 Å². The zero-order chi connectivity index (χ0) is 19.9. The first-order valence-electron chi connectivity index (χ1n) is 8.99. The highest BCUT2D eigenvalue weighted by molar-refractivity contribution is 5.78. The fourth-order valence-electron chi connectivity index (χ4n) is 2.43. The van der Waals surface area contributed by atoms with Crippen LogP contribution >= 0.6 is 0 Å². The van der Waals surface area contributed by atoms with E-state index < -0.39 is 0 Å². The van der Waals surface area contributed by atoms with E-state index in [9.17, 15) is 9.90 Å².